The Kier molecular flexibility index (Phi) is 5.22. The Balaban J connectivity index is 2.02. The number of hydrogen-bond acceptors (Lipinski definition) is 5. The maximum atomic E-state index is 6.32. The molecular formula is C15H22ClN5. The van der Waals surface area contributed by atoms with Crippen LogP contribution in [0, 0.1) is 0 Å². The van der Waals surface area contributed by atoms with Crippen LogP contribution in [-0.4, -0.2) is 37.2 Å². The first-order valence-corrected chi connectivity index (χ1v) is 7.36. The molecule has 1 atom stereocenters. The number of nitrogens with zero attached hydrogens (tertiary/aromatic N) is 2. The van der Waals surface area contributed by atoms with E-state index in [4.69, 9.17) is 17.3 Å². The summed E-state index contributed by atoms with van der Waals surface area (Å²) in [6.45, 7) is 0.989. The van der Waals surface area contributed by atoms with Gasteiger partial charge in [0.05, 0.1) is 10.7 Å². The van der Waals surface area contributed by atoms with Crippen molar-refractivity contribution in [2.75, 3.05) is 26.0 Å². The Labute approximate surface area is 130 Å². The van der Waals surface area contributed by atoms with E-state index >= 15 is 0 Å². The van der Waals surface area contributed by atoms with Crippen LogP contribution in [0.1, 0.15) is 12.8 Å². The van der Waals surface area contributed by atoms with E-state index in [1.54, 1.807) is 0 Å². The van der Waals surface area contributed by atoms with E-state index < -0.39 is 5.66 Å². The molecule has 0 fully saturated rings. The van der Waals surface area contributed by atoms with Crippen molar-refractivity contribution >= 4 is 23.2 Å². The van der Waals surface area contributed by atoms with Gasteiger partial charge in [-0.15, -0.1) is 0 Å². The summed E-state index contributed by atoms with van der Waals surface area (Å²) >= 11 is 6.13. The number of guanidine groups is 1. The van der Waals surface area contributed by atoms with Crippen LogP contribution in [0.3, 0.4) is 0 Å². The number of nitrogens with one attached hydrogen (secondary N) is 2. The molecule has 0 bridgehead atoms. The average molecular weight is 308 g/mol. The number of benzene rings is 1. The van der Waals surface area contributed by atoms with Gasteiger partial charge in [-0.25, -0.2) is 4.99 Å². The van der Waals surface area contributed by atoms with Crippen molar-refractivity contribution < 1.29 is 0 Å². The molecule has 5 nitrogen and oxygen atoms in total. The Morgan fingerprint density at radius 2 is 2.14 bits per heavy atom. The molecule has 1 aromatic carbocycles. The summed E-state index contributed by atoms with van der Waals surface area (Å²) in [5, 5.41) is 6.87. The van der Waals surface area contributed by atoms with Crippen LogP contribution in [0.5, 0.6) is 0 Å². The third kappa shape index (κ3) is 4.74. The fourth-order valence-electron chi connectivity index (χ4n) is 2.11. The van der Waals surface area contributed by atoms with Gasteiger partial charge in [0.1, 0.15) is 5.66 Å². The maximum absolute atomic E-state index is 6.32. The molecule has 1 aliphatic heterocycles. The summed E-state index contributed by atoms with van der Waals surface area (Å²) in [5.74, 6) is 0.609. The highest BCUT2D eigenvalue weighted by atomic mass is 35.5. The van der Waals surface area contributed by atoms with Crippen LogP contribution in [-0.2, 0) is 0 Å². The molecule has 0 aromatic heterocycles. The van der Waals surface area contributed by atoms with E-state index in [1.165, 1.54) is 0 Å². The van der Waals surface area contributed by atoms with Crippen LogP contribution in [0.4, 0.5) is 5.69 Å². The first kappa shape index (κ1) is 15.8. The minimum atomic E-state index is -0.676. The number of nitrogens with two attached hydrogens (primary N) is 1. The van der Waals surface area contributed by atoms with E-state index in [1.807, 2.05) is 36.5 Å². The lowest BCUT2D eigenvalue weighted by molar-refractivity contribution is 0.367. The molecule has 2 rings (SSSR count). The molecule has 0 radical (unpaired) electrons. The maximum Gasteiger partial charge on any atom is 0.202 e. The SMILES string of the molecule is CN(C)CCCC1(N)C=CNC(Nc2ccccc2Cl)=N1. The zero-order valence-corrected chi connectivity index (χ0v) is 13.2. The highest BCUT2D eigenvalue weighted by Gasteiger charge is 2.24. The molecule has 6 heteroatoms. The molecule has 1 heterocycles. The summed E-state index contributed by atoms with van der Waals surface area (Å²) in [7, 11) is 4.10. The number of para-hydroxylation sites is 1. The molecule has 0 saturated heterocycles. The predicted molar refractivity (Wildman–Crippen MR) is 89.5 cm³/mol. The zero-order valence-electron chi connectivity index (χ0n) is 12.4. The van der Waals surface area contributed by atoms with E-state index in [2.05, 4.69) is 34.6 Å². The van der Waals surface area contributed by atoms with E-state index in [9.17, 15) is 0 Å². The quantitative estimate of drug-likeness (QED) is 0.780. The van der Waals surface area contributed by atoms with E-state index in [0.717, 1.165) is 25.1 Å². The lowest BCUT2D eigenvalue weighted by Gasteiger charge is -2.27. The third-order valence-corrected chi connectivity index (χ3v) is 3.55. The molecule has 0 spiro atoms. The van der Waals surface area contributed by atoms with Crippen LogP contribution in [0.15, 0.2) is 41.5 Å². The summed E-state index contributed by atoms with van der Waals surface area (Å²) in [6.07, 6.45) is 5.48. The lowest BCUT2D eigenvalue weighted by atomic mass is 10.0. The van der Waals surface area contributed by atoms with Crippen molar-refractivity contribution in [1.82, 2.24) is 10.2 Å². The van der Waals surface area contributed by atoms with Crippen molar-refractivity contribution in [2.45, 2.75) is 18.5 Å². The van der Waals surface area contributed by atoms with Crippen LogP contribution in [0.25, 0.3) is 0 Å². The fraction of sp³-hybridized carbons (Fsp3) is 0.400. The Bertz CT molecular complexity index is 541. The molecule has 21 heavy (non-hydrogen) atoms. The molecule has 1 unspecified atom stereocenters. The first-order valence-electron chi connectivity index (χ1n) is 6.98. The van der Waals surface area contributed by atoms with E-state index in [0.29, 0.717) is 11.0 Å². The van der Waals surface area contributed by atoms with Crippen molar-refractivity contribution in [3.63, 3.8) is 0 Å². The van der Waals surface area contributed by atoms with Gasteiger partial charge in [-0.2, -0.15) is 0 Å². The normalized spacial score (nSPS) is 21.1. The predicted octanol–water partition coefficient (Wildman–Crippen LogP) is 2.22. The van der Waals surface area contributed by atoms with Crippen molar-refractivity contribution in [2.24, 2.45) is 10.7 Å². The summed E-state index contributed by atoms with van der Waals surface area (Å²) in [4.78, 5) is 6.69. The molecule has 0 aliphatic carbocycles. The largest absolute Gasteiger partial charge is 0.333 e. The molecular weight excluding hydrogens is 286 g/mol. The van der Waals surface area contributed by atoms with Crippen molar-refractivity contribution in [3.8, 4) is 0 Å². The van der Waals surface area contributed by atoms with Gasteiger partial charge in [0.2, 0.25) is 5.96 Å². The van der Waals surface area contributed by atoms with Crippen molar-refractivity contribution in [3.05, 3.63) is 41.6 Å². The van der Waals surface area contributed by atoms with Crippen molar-refractivity contribution in [1.29, 1.82) is 0 Å². The second-order valence-corrected chi connectivity index (χ2v) is 5.85. The van der Waals surface area contributed by atoms with Crippen LogP contribution >= 0.6 is 11.6 Å². The zero-order chi connectivity index (χ0) is 15.3. The highest BCUT2D eigenvalue weighted by Crippen LogP contribution is 2.22. The molecule has 1 aliphatic rings. The number of aliphatic imine (C=N–C) groups is 1. The summed E-state index contributed by atoms with van der Waals surface area (Å²) in [6, 6.07) is 7.53. The first-order chi connectivity index (χ1) is 9.98. The van der Waals surface area contributed by atoms with Gasteiger partial charge in [0.25, 0.3) is 0 Å². The van der Waals surface area contributed by atoms with Gasteiger partial charge >= 0.3 is 0 Å². The monoisotopic (exact) mass is 307 g/mol. The minimum absolute atomic E-state index is 0.609. The van der Waals surface area contributed by atoms with Gasteiger partial charge < -0.3 is 21.3 Å². The average Bonchev–Trinajstić information content (AvgIpc) is 2.41. The number of rotatable bonds is 5. The molecule has 0 saturated carbocycles. The molecule has 0 amide bonds. The Morgan fingerprint density at radius 3 is 2.86 bits per heavy atom. The highest BCUT2D eigenvalue weighted by molar-refractivity contribution is 6.33. The van der Waals surface area contributed by atoms with Gasteiger partial charge in [0.15, 0.2) is 0 Å². The smallest absolute Gasteiger partial charge is 0.202 e. The molecule has 1 aromatic rings. The minimum Gasteiger partial charge on any atom is -0.333 e. The summed E-state index contributed by atoms with van der Waals surface area (Å²) < 4.78 is 0. The van der Waals surface area contributed by atoms with E-state index in [-0.39, 0.29) is 0 Å². The Hall–Kier alpha value is -1.56. The Morgan fingerprint density at radius 1 is 1.38 bits per heavy atom. The standard InChI is InChI=1S/C15H22ClN5/c1-21(2)11-5-8-15(17)9-10-18-14(20-15)19-13-7-4-3-6-12(13)16/h3-4,6-7,9-10H,5,8,11,17H2,1-2H3,(H2,18,19,20). The van der Waals surface area contributed by atoms with Crippen LogP contribution in [0.2, 0.25) is 5.02 Å². The van der Waals surface area contributed by atoms with Gasteiger partial charge in [-0.3, -0.25) is 0 Å². The fourth-order valence-corrected chi connectivity index (χ4v) is 2.30. The molecule has 4 N–H and O–H groups in total. The summed E-state index contributed by atoms with van der Waals surface area (Å²) in [5.41, 5.74) is 6.45. The lowest BCUT2D eigenvalue weighted by Crippen LogP contribution is -2.44. The second kappa shape index (κ2) is 6.93. The molecule has 114 valence electrons. The third-order valence-electron chi connectivity index (χ3n) is 3.22. The number of halogens is 1. The van der Waals surface area contributed by atoms with Crippen LogP contribution < -0.4 is 16.4 Å². The van der Waals surface area contributed by atoms with Gasteiger partial charge in [-0.1, -0.05) is 23.7 Å². The number of anilines is 1. The second-order valence-electron chi connectivity index (χ2n) is 5.44. The number of hydrogen-bond donors (Lipinski definition) is 3. The topological polar surface area (TPSA) is 65.7 Å². The van der Waals surface area contributed by atoms with Gasteiger partial charge in [0, 0.05) is 6.20 Å². The van der Waals surface area contributed by atoms with Gasteiger partial charge in [-0.05, 0) is 51.7 Å².